The largest absolute Gasteiger partial charge is 0.376 e. The average molecular weight is 423 g/mol. The van der Waals surface area contributed by atoms with Crippen molar-refractivity contribution in [3.05, 3.63) is 59.7 Å². The smallest absolute Gasteiger partial charge is 0.325 e. The van der Waals surface area contributed by atoms with E-state index in [4.69, 9.17) is 0 Å². The lowest BCUT2D eigenvalue weighted by Gasteiger charge is -2.35. The Labute approximate surface area is 183 Å². The number of imide groups is 1. The van der Waals surface area contributed by atoms with Gasteiger partial charge in [-0.2, -0.15) is 0 Å². The van der Waals surface area contributed by atoms with Crippen molar-refractivity contribution >= 4 is 29.2 Å². The van der Waals surface area contributed by atoms with Gasteiger partial charge in [-0.1, -0.05) is 38.1 Å². The number of anilines is 2. The van der Waals surface area contributed by atoms with Gasteiger partial charge in [0.05, 0.1) is 6.54 Å². The van der Waals surface area contributed by atoms with Crippen LogP contribution in [0, 0.1) is 18.8 Å². The van der Waals surface area contributed by atoms with Crippen LogP contribution in [0.3, 0.4) is 0 Å². The summed E-state index contributed by atoms with van der Waals surface area (Å²) in [6, 6.07) is 13.8. The van der Waals surface area contributed by atoms with Crippen LogP contribution in [0.1, 0.15) is 36.2 Å². The number of amides is 4. The summed E-state index contributed by atoms with van der Waals surface area (Å²) >= 11 is 0. The summed E-state index contributed by atoms with van der Waals surface area (Å²) in [5, 5.41) is 7.93. The topological polar surface area (TPSA) is 90.5 Å². The fraction of sp³-hybridized carbons (Fsp3) is 0.375. The van der Waals surface area contributed by atoms with E-state index in [1.54, 1.807) is 30.3 Å². The van der Waals surface area contributed by atoms with Gasteiger partial charge < -0.3 is 15.5 Å². The first-order valence-corrected chi connectivity index (χ1v) is 10.6. The highest BCUT2D eigenvalue weighted by atomic mass is 16.2. The number of para-hydroxylation sites is 1. The van der Waals surface area contributed by atoms with E-state index in [9.17, 15) is 14.4 Å². The number of urea groups is 1. The zero-order valence-corrected chi connectivity index (χ0v) is 18.3. The maximum atomic E-state index is 13.0. The minimum absolute atomic E-state index is 0.00754. The van der Waals surface area contributed by atoms with Crippen molar-refractivity contribution in [1.29, 1.82) is 0 Å². The Morgan fingerprint density at radius 2 is 1.68 bits per heavy atom. The molecule has 2 aromatic carbocycles. The van der Waals surface area contributed by atoms with Crippen molar-refractivity contribution in [2.24, 2.45) is 11.8 Å². The molecule has 3 N–H and O–H groups in total. The molecule has 1 aliphatic rings. The molecule has 0 bridgehead atoms. The maximum absolute atomic E-state index is 13.0. The molecular formula is C24H30N4O3. The van der Waals surface area contributed by atoms with Gasteiger partial charge in [0.1, 0.15) is 0 Å². The third kappa shape index (κ3) is 6.31. The quantitative estimate of drug-likeness (QED) is 0.682. The number of aryl methyl sites for hydroxylation is 1. The number of piperidine rings is 1. The minimum atomic E-state index is -0.591. The van der Waals surface area contributed by atoms with Gasteiger partial charge in [0.25, 0.3) is 5.91 Å². The molecule has 0 radical (unpaired) electrons. The van der Waals surface area contributed by atoms with Gasteiger partial charge in [0.15, 0.2) is 0 Å². The molecule has 0 aromatic heterocycles. The number of carbonyl (C=O) groups is 3. The average Bonchev–Trinajstić information content (AvgIpc) is 2.72. The van der Waals surface area contributed by atoms with Gasteiger partial charge in [-0.15, -0.1) is 0 Å². The Morgan fingerprint density at radius 1 is 1.00 bits per heavy atom. The zero-order valence-electron chi connectivity index (χ0n) is 18.3. The number of nitrogens with zero attached hydrogens (tertiary/aromatic N) is 1. The van der Waals surface area contributed by atoms with Gasteiger partial charge in [0, 0.05) is 30.0 Å². The molecule has 1 heterocycles. The molecule has 1 fully saturated rings. The van der Waals surface area contributed by atoms with Crippen molar-refractivity contribution in [3.63, 3.8) is 0 Å². The highest BCUT2D eigenvalue weighted by Gasteiger charge is 2.26. The van der Waals surface area contributed by atoms with E-state index in [2.05, 4.69) is 29.8 Å². The van der Waals surface area contributed by atoms with E-state index in [-0.39, 0.29) is 12.5 Å². The van der Waals surface area contributed by atoms with Crippen LogP contribution in [0.15, 0.2) is 48.5 Å². The molecule has 1 saturated heterocycles. The SMILES string of the molecule is Cc1ccc(C(=O)N2CC(C)CC(C)C2)cc1NCC(=O)NC(=O)Nc1ccccc1. The Morgan fingerprint density at radius 3 is 2.35 bits per heavy atom. The predicted octanol–water partition coefficient (Wildman–Crippen LogP) is 3.87. The molecule has 31 heavy (non-hydrogen) atoms. The lowest BCUT2D eigenvalue weighted by atomic mass is 9.91. The van der Waals surface area contributed by atoms with Gasteiger partial charge in [0.2, 0.25) is 5.91 Å². The van der Waals surface area contributed by atoms with Crippen LogP contribution >= 0.6 is 0 Å². The summed E-state index contributed by atoms with van der Waals surface area (Å²) in [7, 11) is 0. The number of hydrogen-bond acceptors (Lipinski definition) is 4. The lowest BCUT2D eigenvalue weighted by molar-refractivity contribution is -0.118. The van der Waals surface area contributed by atoms with Gasteiger partial charge >= 0.3 is 6.03 Å². The van der Waals surface area contributed by atoms with Crippen molar-refractivity contribution in [1.82, 2.24) is 10.2 Å². The highest BCUT2D eigenvalue weighted by Crippen LogP contribution is 2.24. The summed E-state index contributed by atoms with van der Waals surface area (Å²) < 4.78 is 0. The molecule has 164 valence electrons. The molecule has 2 unspecified atom stereocenters. The monoisotopic (exact) mass is 422 g/mol. The summed E-state index contributed by atoms with van der Waals surface area (Å²) in [6.07, 6.45) is 1.14. The Bertz CT molecular complexity index is 935. The number of carbonyl (C=O) groups excluding carboxylic acids is 3. The fourth-order valence-corrected chi connectivity index (χ4v) is 3.99. The molecule has 2 aromatic rings. The molecule has 7 nitrogen and oxygen atoms in total. The second-order valence-electron chi connectivity index (χ2n) is 8.41. The molecule has 0 aliphatic carbocycles. The number of hydrogen-bond donors (Lipinski definition) is 3. The van der Waals surface area contributed by atoms with E-state index in [1.165, 1.54) is 0 Å². The first-order valence-electron chi connectivity index (χ1n) is 10.6. The van der Waals surface area contributed by atoms with Crippen molar-refractivity contribution in [2.75, 3.05) is 30.3 Å². The summed E-state index contributed by atoms with van der Waals surface area (Å²) in [4.78, 5) is 39.0. The molecule has 0 spiro atoms. The molecule has 1 aliphatic heterocycles. The minimum Gasteiger partial charge on any atom is -0.376 e. The number of benzene rings is 2. The van der Waals surface area contributed by atoms with E-state index >= 15 is 0 Å². The summed E-state index contributed by atoms with van der Waals surface area (Å²) in [5.41, 5.74) is 2.81. The van der Waals surface area contributed by atoms with E-state index in [0.717, 1.165) is 25.1 Å². The molecule has 2 atom stereocenters. The number of rotatable bonds is 5. The van der Waals surface area contributed by atoms with E-state index < -0.39 is 11.9 Å². The van der Waals surface area contributed by atoms with Gasteiger partial charge in [-0.3, -0.25) is 14.9 Å². The second kappa shape index (κ2) is 10.1. The standard InChI is InChI=1S/C24H30N4O3/c1-16-11-17(2)15-28(14-16)23(30)19-10-9-18(3)21(12-19)25-13-22(29)27-24(31)26-20-7-5-4-6-8-20/h4-10,12,16-17,25H,11,13-15H2,1-3H3,(H2,26,27,29,31). The van der Waals surface area contributed by atoms with Crippen molar-refractivity contribution in [3.8, 4) is 0 Å². The van der Waals surface area contributed by atoms with Crippen LogP contribution in [-0.2, 0) is 4.79 Å². The Balaban J connectivity index is 1.57. The van der Waals surface area contributed by atoms with E-state index in [0.29, 0.717) is 28.8 Å². The van der Waals surface area contributed by atoms with Crippen LogP contribution in [0.5, 0.6) is 0 Å². The summed E-state index contributed by atoms with van der Waals surface area (Å²) in [6.45, 7) is 7.69. The second-order valence-corrected chi connectivity index (χ2v) is 8.41. The third-order valence-corrected chi connectivity index (χ3v) is 5.36. The van der Waals surface area contributed by atoms with Crippen LogP contribution < -0.4 is 16.0 Å². The van der Waals surface area contributed by atoms with Crippen LogP contribution in [-0.4, -0.2) is 42.4 Å². The van der Waals surface area contributed by atoms with Crippen molar-refractivity contribution < 1.29 is 14.4 Å². The van der Waals surface area contributed by atoms with Crippen LogP contribution in [0.2, 0.25) is 0 Å². The first kappa shape index (κ1) is 22.3. The van der Waals surface area contributed by atoms with Gasteiger partial charge in [-0.25, -0.2) is 4.79 Å². The third-order valence-electron chi connectivity index (χ3n) is 5.36. The predicted molar refractivity (Wildman–Crippen MR) is 122 cm³/mol. The summed E-state index contributed by atoms with van der Waals surface area (Å²) in [5.74, 6) is 0.513. The zero-order chi connectivity index (χ0) is 22.4. The van der Waals surface area contributed by atoms with E-state index in [1.807, 2.05) is 30.0 Å². The molecular weight excluding hydrogens is 392 g/mol. The van der Waals surface area contributed by atoms with Crippen molar-refractivity contribution in [2.45, 2.75) is 27.2 Å². The van der Waals surface area contributed by atoms with Crippen LogP contribution in [0.4, 0.5) is 16.2 Å². The molecule has 4 amide bonds. The Hall–Kier alpha value is -3.35. The maximum Gasteiger partial charge on any atom is 0.325 e. The first-order chi connectivity index (χ1) is 14.8. The fourth-order valence-electron chi connectivity index (χ4n) is 3.99. The number of nitrogens with one attached hydrogen (secondary N) is 3. The molecule has 0 saturated carbocycles. The lowest BCUT2D eigenvalue weighted by Crippen LogP contribution is -2.42. The molecule has 7 heteroatoms. The highest BCUT2D eigenvalue weighted by molar-refractivity contribution is 6.02. The van der Waals surface area contributed by atoms with Crippen LogP contribution in [0.25, 0.3) is 0 Å². The van der Waals surface area contributed by atoms with Gasteiger partial charge in [-0.05, 0) is 55.0 Å². The Kier molecular flexibility index (Phi) is 7.28. The number of likely N-dealkylation sites (tertiary alicyclic amines) is 1. The molecule has 3 rings (SSSR count). The normalized spacial score (nSPS) is 18.2.